The number of hydrogen-bond acceptors (Lipinski definition) is 5. The van der Waals surface area contributed by atoms with E-state index < -0.39 is 17.9 Å². The Labute approximate surface area is 105 Å². The molecule has 6 nitrogen and oxygen atoms in total. The second-order valence-electron chi connectivity index (χ2n) is 3.84. The van der Waals surface area contributed by atoms with Crippen molar-refractivity contribution < 1.29 is 14.3 Å². The highest BCUT2D eigenvalue weighted by atomic mass is 16.5. The highest BCUT2D eigenvalue weighted by molar-refractivity contribution is 5.98. The summed E-state index contributed by atoms with van der Waals surface area (Å²) < 4.78 is 4.78. The lowest BCUT2D eigenvalue weighted by molar-refractivity contribution is -0.144. The van der Waals surface area contributed by atoms with Gasteiger partial charge in [-0.3, -0.25) is 4.79 Å². The molecule has 98 valence electrons. The molecule has 18 heavy (non-hydrogen) atoms. The van der Waals surface area contributed by atoms with Crippen LogP contribution in [0.1, 0.15) is 24.2 Å². The van der Waals surface area contributed by atoms with Gasteiger partial charge in [-0.2, -0.15) is 0 Å². The standard InChI is InChI=1S/C12H17N3O3/c1-3-18-12(17)7(2)15-11(16)8-4-9(13)6-10(14)5-8/h4-7H,3,13-14H2,1-2H3,(H,15,16). The summed E-state index contributed by atoms with van der Waals surface area (Å²) in [5.74, 6) is -0.905. The number of rotatable bonds is 4. The molecule has 0 saturated carbocycles. The van der Waals surface area contributed by atoms with E-state index in [1.54, 1.807) is 19.9 Å². The summed E-state index contributed by atoms with van der Waals surface area (Å²) in [6.07, 6.45) is 0. The van der Waals surface area contributed by atoms with Crippen molar-refractivity contribution in [1.82, 2.24) is 5.32 Å². The molecule has 0 radical (unpaired) electrons. The Morgan fingerprint density at radius 2 is 1.83 bits per heavy atom. The Balaban J connectivity index is 2.73. The molecule has 0 aromatic heterocycles. The van der Waals surface area contributed by atoms with Gasteiger partial charge in [-0.05, 0) is 32.0 Å². The van der Waals surface area contributed by atoms with Crippen molar-refractivity contribution in [3.05, 3.63) is 23.8 Å². The van der Waals surface area contributed by atoms with Crippen molar-refractivity contribution in [2.75, 3.05) is 18.1 Å². The van der Waals surface area contributed by atoms with Crippen LogP contribution in [-0.4, -0.2) is 24.5 Å². The maximum absolute atomic E-state index is 11.8. The Morgan fingerprint density at radius 3 is 2.33 bits per heavy atom. The van der Waals surface area contributed by atoms with Gasteiger partial charge in [-0.25, -0.2) is 4.79 Å². The average Bonchev–Trinajstić information content (AvgIpc) is 2.27. The van der Waals surface area contributed by atoms with E-state index in [1.807, 2.05) is 0 Å². The van der Waals surface area contributed by atoms with Crippen molar-refractivity contribution in [2.45, 2.75) is 19.9 Å². The SMILES string of the molecule is CCOC(=O)C(C)NC(=O)c1cc(N)cc(N)c1. The Morgan fingerprint density at radius 1 is 1.28 bits per heavy atom. The molecule has 0 bridgehead atoms. The third kappa shape index (κ3) is 3.65. The number of nitrogens with one attached hydrogen (secondary N) is 1. The number of ether oxygens (including phenoxy) is 1. The number of esters is 1. The number of carbonyl (C=O) groups is 2. The van der Waals surface area contributed by atoms with Crippen LogP contribution in [0.2, 0.25) is 0 Å². The van der Waals surface area contributed by atoms with Gasteiger partial charge in [0.25, 0.3) is 5.91 Å². The predicted molar refractivity (Wildman–Crippen MR) is 68.8 cm³/mol. The topological polar surface area (TPSA) is 107 Å². The zero-order valence-electron chi connectivity index (χ0n) is 10.4. The molecular weight excluding hydrogens is 234 g/mol. The van der Waals surface area contributed by atoms with Gasteiger partial charge >= 0.3 is 5.97 Å². The van der Waals surface area contributed by atoms with E-state index in [2.05, 4.69) is 5.32 Å². The molecule has 1 atom stereocenters. The second kappa shape index (κ2) is 5.90. The van der Waals surface area contributed by atoms with Gasteiger partial charge in [0.05, 0.1) is 6.61 Å². The largest absolute Gasteiger partial charge is 0.464 e. The lowest BCUT2D eigenvalue weighted by Crippen LogP contribution is -2.39. The van der Waals surface area contributed by atoms with E-state index in [0.29, 0.717) is 16.9 Å². The summed E-state index contributed by atoms with van der Waals surface area (Å²) in [5.41, 5.74) is 12.3. The van der Waals surface area contributed by atoms with E-state index in [0.717, 1.165) is 0 Å². The van der Waals surface area contributed by atoms with Crippen LogP contribution in [0.3, 0.4) is 0 Å². The monoisotopic (exact) mass is 251 g/mol. The van der Waals surface area contributed by atoms with Gasteiger partial charge < -0.3 is 21.5 Å². The summed E-state index contributed by atoms with van der Waals surface area (Å²) in [6.45, 7) is 3.51. The molecule has 0 heterocycles. The zero-order valence-corrected chi connectivity index (χ0v) is 10.4. The Bertz CT molecular complexity index is 440. The zero-order chi connectivity index (χ0) is 13.7. The van der Waals surface area contributed by atoms with Crippen LogP contribution in [0.5, 0.6) is 0 Å². The third-order valence-electron chi connectivity index (χ3n) is 2.23. The normalized spacial score (nSPS) is 11.7. The van der Waals surface area contributed by atoms with Crippen molar-refractivity contribution in [2.24, 2.45) is 0 Å². The molecular formula is C12H17N3O3. The second-order valence-corrected chi connectivity index (χ2v) is 3.84. The van der Waals surface area contributed by atoms with Crippen LogP contribution in [0, 0.1) is 0 Å². The minimum atomic E-state index is -0.722. The maximum Gasteiger partial charge on any atom is 0.328 e. The third-order valence-corrected chi connectivity index (χ3v) is 2.23. The lowest BCUT2D eigenvalue weighted by atomic mass is 10.1. The molecule has 0 aliphatic carbocycles. The Hall–Kier alpha value is -2.24. The van der Waals surface area contributed by atoms with Gasteiger partial charge in [0.1, 0.15) is 6.04 Å². The minimum absolute atomic E-state index is 0.268. The van der Waals surface area contributed by atoms with Crippen LogP contribution >= 0.6 is 0 Å². The van der Waals surface area contributed by atoms with Gasteiger partial charge in [-0.1, -0.05) is 0 Å². The molecule has 0 aliphatic rings. The number of benzene rings is 1. The molecule has 1 aromatic rings. The van der Waals surface area contributed by atoms with Gasteiger partial charge in [0.2, 0.25) is 0 Å². The fraction of sp³-hybridized carbons (Fsp3) is 0.333. The molecule has 1 aromatic carbocycles. The molecule has 6 heteroatoms. The number of nitrogen functional groups attached to an aromatic ring is 2. The number of carbonyl (C=O) groups excluding carboxylic acids is 2. The molecule has 1 rings (SSSR count). The first-order valence-electron chi connectivity index (χ1n) is 5.57. The smallest absolute Gasteiger partial charge is 0.328 e. The summed E-state index contributed by atoms with van der Waals surface area (Å²) in [5, 5.41) is 2.51. The van der Waals surface area contributed by atoms with E-state index in [9.17, 15) is 9.59 Å². The summed E-state index contributed by atoms with van der Waals surface area (Å²) in [7, 11) is 0. The van der Waals surface area contributed by atoms with Crippen LogP contribution in [-0.2, 0) is 9.53 Å². The van der Waals surface area contributed by atoms with Gasteiger partial charge in [0, 0.05) is 16.9 Å². The fourth-order valence-corrected chi connectivity index (χ4v) is 1.41. The van der Waals surface area contributed by atoms with Crippen molar-refractivity contribution in [1.29, 1.82) is 0 Å². The molecule has 1 amide bonds. The first-order chi connectivity index (χ1) is 8.43. The summed E-state index contributed by atoms with van der Waals surface area (Å²) >= 11 is 0. The van der Waals surface area contributed by atoms with E-state index in [-0.39, 0.29) is 6.61 Å². The van der Waals surface area contributed by atoms with Crippen molar-refractivity contribution in [3.63, 3.8) is 0 Å². The maximum atomic E-state index is 11.8. The number of amides is 1. The van der Waals surface area contributed by atoms with Gasteiger partial charge in [0.15, 0.2) is 0 Å². The average molecular weight is 251 g/mol. The van der Waals surface area contributed by atoms with Crippen molar-refractivity contribution in [3.8, 4) is 0 Å². The van der Waals surface area contributed by atoms with E-state index >= 15 is 0 Å². The number of hydrogen-bond donors (Lipinski definition) is 3. The fourth-order valence-electron chi connectivity index (χ4n) is 1.41. The highest BCUT2D eigenvalue weighted by Crippen LogP contribution is 2.13. The van der Waals surface area contributed by atoms with Gasteiger partial charge in [-0.15, -0.1) is 0 Å². The Kier molecular flexibility index (Phi) is 4.53. The van der Waals surface area contributed by atoms with E-state index in [1.165, 1.54) is 12.1 Å². The van der Waals surface area contributed by atoms with Crippen LogP contribution in [0.15, 0.2) is 18.2 Å². The molecule has 1 unspecified atom stereocenters. The lowest BCUT2D eigenvalue weighted by Gasteiger charge is -2.13. The van der Waals surface area contributed by atoms with E-state index in [4.69, 9.17) is 16.2 Å². The molecule has 0 spiro atoms. The number of nitrogens with two attached hydrogens (primary N) is 2. The summed E-state index contributed by atoms with van der Waals surface area (Å²) in [6, 6.07) is 3.80. The first kappa shape index (κ1) is 13.8. The first-order valence-corrected chi connectivity index (χ1v) is 5.57. The number of anilines is 2. The van der Waals surface area contributed by atoms with Crippen LogP contribution in [0.25, 0.3) is 0 Å². The van der Waals surface area contributed by atoms with Crippen LogP contribution in [0.4, 0.5) is 11.4 Å². The minimum Gasteiger partial charge on any atom is -0.464 e. The molecule has 5 N–H and O–H groups in total. The summed E-state index contributed by atoms with van der Waals surface area (Å²) in [4.78, 5) is 23.2. The van der Waals surface area contributed by atoms with Crippen LogP contribution < -0.4 is 16.8 Å². The predicted octanol–water partition coefficient (Wildman–Crippen LogP) is 0.532. The molecule has 0 aliphatic heterocycles. The highest BCUT2D eigenvalue weighted by Gasteiger charge is 2.17. The molecule has 0 fully saturated rings. The quantitative estimate of drug-likeness (QED) is 0.534. The van der Waals surface area contributed by atoms with Crippen molar-refractivity contribution >= 4 is 23.3 Å². The molecule has 0 saturated heterocycles.